The maximum Gasteiger partial charge on any atom is 0.317 e. The van der Waals surface area contributed by atoms with E-state index in [1.807, 2.05) is 11.0 Å². The molecule has 0 bridgehead atoms. The molecule has 20 heteroatoms. The highest BCUT2D eigenvalue weighted by atomic mass is 19.3. The first kappa shape index (κ1) is 43.5. The second kappa shape index (κ2) is 18.4. The Morgan fingerprint density at radius 2 is 1.78 bits per heavy atom. The number of anilines is 3. The Bertz CT molecular complexity index is 2550. The molecule has 1 unspecified atom stereocenters. The van der Waals surface area contributed by atoms with Crippen LogP contribution in [-0.2, 0) is 45.1 Å². The minimum Gasteiger partial charge on any atom is -0.384 e. The van der Waals surface area contributed by atoms with Crippen molar-refractivity contribution in [1.82, 2.24) is 45.3 Å². The zero-order valence-electron chi connectivity index (χ0n) is 36.0. The van der Waals surface area contributed by atoms with Gasteiger partial charge in [-0.25, -0.2) is 13.6 Å². The van der Waals surface area contributed by atoms with Crippen molar-refractivity contribution in [2.75, 3.05) is 56.7 Å². The van der Waals surface area contributed by atoms with E-state index in [0.717, 1.165) is 41.0 Å². The van der Waals surface area contributed by atoms with Gasteiger partial charge in [0.25, 0.3) is 18.2 Å². The van der Waals surface area contributed by atoms with Crippen molar-refractivity contribution in [3.8, 4) is 11.1 Å². The van der Waals surface area contributed by atoms with Gasteiger partial charge in [0.05, 0.1) is 29.9 Å². The number of unbranched alkanes of at least 4 members (excludes halogenated alkanes) is 1. The Hall–Kier alpha value is -6.70. The van der Waals surface area contributed by atoms with Gasteiger partial charge in [-0.1, -0.05) is 6.07 Å². The Labute approximate surface area is 373 Å². The number of alkyl halides is 2. The normalized spacial score (nSPS) is 18.7. The van der Waals surface area contributed by atoms with Crippen LogP contribution in [0, 0.1) is 0 Å². The van der Waals surface area contributed by atoms with E-state index >= 15 is 8.78 Å². The lowest BCUT2D eigenvalue weighted by Gasteiger charge is -2.33. The number of imide groups is 2. The van der Waals surface area contributed by atoms with Gasteiger partial charge in [-0.2, -0.15) is 10.2 Å². The maximum atomic E-state index is 15.0. The number of piperidine rings is 1. The van der Waals surface area contributed by atoms with E-state index in [0.29, 0.717) is 99.9 Å². The molecule has 5 aliphatic heterocycles. The monoisotopic (exact) mass is 895 g/mol. The number of hydrogen-bond acceptors (Lipinski definition) is 11. The molecular formula is C45H51F2N11O7. The van der Waals surface area contributed by atoms with Crippen LogP contribution >= 0.6 is 0 Å². The highest BCUT2D eigenvalue weighted by molar-refractivity contribution is 6.25. The van der Waals surface area contributed by atoms with Crippen LogP contribution in [0.15, 0.2) is 42.7 Å². The van der Waals surface area contributed by atoms with Gasteiger partial charge in [-0.15, -0.1) is 0 Å². The molecule has 7 heterocycles. The van der Waals surface area contributed by atoms with Crippen LogP contribution in [0.4, 0.5) is 30.8 Å². The van der Waals surface area contributed by atoms with Crippen LogP contribution < -0.4 is 26.2 Å². The van der Waals surface area contributed by atoms with Gasteiger partial charge in [-0.3, -0.25) is 43.6 Å². The maximum absolute atomic E-state index is 15.0. The summed E-state index contributed by atoms with van der Waals surface area (Å²) in [6.07, 6.45) is 5.31. The molecule has 0 aliphatic carbocycles. The fourth-order valence-corrected chi connectivity index (χ4v) is 9.66. The zero-order valence-corrected chi connectivity index (χ0v) is 36.0. The minimum atomic E-state index is -2.80. The summed E-state index contributed by atoms with van der Waals surface area (Å²) in [4.78, 5) is 81.0. The number of aromatic nitrogens is 4. The molecule has 342 valence electrons. The lowest BCUT2D eigenvalue weighted by Crippen LogP contribution is -2.54. The highest BCUT2D eigenvalue weighted by Gasteiger charge is 2.45. The SMILES string of the molecule is CNC(=O)N1CCc2c(c(N3CCCc4cc(-c5cnn(CC(=O)NCCCCNc6cccc7c6C(=O)N(C6CCC(=O)NC6=O)C7=O)c5)c(C(F)F)cc43)nn2C2CCOCC2)C1. The molecule has 4 aromatic rings. The van der Waals surface area contributed by atoms with Crippen molar-refractivity contribution in [1.29, 1.82) is 0 Å². The fraction of sp³-hybridized carbons (Fsp3) is 0.467. The summed E-state index contributed by atoms with van der Waals surface area (Å²) in [6, 6.07) is 7.15. The van der Waals surface area contributed by atoms with Gasteiger partial charge in [0, 0.05) is 99.2 Å². The van der Waals surface area contributed by atoms with Crippen LogP contribution in [0.25, 0.3) is 11.1 Å². The van der Waals surface area contributed by atoms with E-state index in [2.05, 4.69) is 31.0 Å². The smallest absolute Gasteiger partial charge is 0.317 e. The molecule has 7 amide bonds. The fourth-order valence-electron chi connectivity index (χ4n) is 9.66. The molecule has 65 heavy (non-hydrogen) atoms. The number of urea groups is 1. The van der Waals surface area contributed by atoms with Crippen molar-refractivity contribution in [2.45, 2.75) is 89.4 Å². The van der Waals surface area contributed by atoms with Gasteiger partial charge in [0.1, 0.15) is 12.6 Å². The van der Waals surface area contributed by atoms with E-state index in [1.165, 1.54) is 16.9 Å². The van der Waals surface area contributed by atoms with E-state index in [9.17, 15) is 28.8 Å². The Morgan fingerprint density at radius 1 is 0.969 bits per heavy atom. The number of halogens is 2. The summed E-state index contributed by atoms with van der Waals surface area (Å²) in [5.41, 5.74) is 5.05. The van der Waals surface area contributed by atoms with Crippen molar-refractivity contribution >= 4 is 52.8 Å². The van der Waals surface area contributed by atoms with Crippen LogP contribution in [0.5, 0.6) is 0 Å². The number of nitrogens with zero attached hydrogens (tertiary/aromatic N) is 7. The third-order valence-corrected chi connectivity index (χ3v) is 12.9. The first-order valence-electron chi connectivity index (χ1n) is 22.3. The summed E-state index contributed by atoms with van der Waals surface area (Å²) in [5.74, 6) is -1.91. The molecule has 2 fully saturated rings. The summed E-state index contributed by atoms with van der Waals surface area (Å²) in [6.45, 7) is 3.43. The molecule has 5 aliphatic rings. The van der Waals surface area contributed by atoms with Gasteiger partial charge < -0.3 is 30.5 Å². The second-order valence-corrected chi connectivity index (χ2v) is 17.0. The summed E-state index contributed by atoms with van der Waals surface area (Å²) in [7, 11) is 1.61. The number of nitrogens with one attached hydrogen (secondary N) is 4. The topological polar surface area (TPSA) is 205 Å². The van der Waals surface area contributed by atoms with Crippen LogP contribution in [0.2, 0.25) is 0 Å². The Kier molecular flexibility index (Phi) is 12.3. The first-order valence-corrected chi connectivity index (χ1v) is 22.3. The highest BCUT2D eigenvalue weighted by Crippen LogP contribution is 2.44. The summed E-state index contributed by atoms with van der Waals surface area (Å²) < 4.78 is 39.2. The average molecular weight is 896 g/mol. The molecule has 0 saturated carbocycles. The molecule has 0 radical (unpaired) electrons. The number of amides is 7. The molecule has 0 spiro atoms. The molecule has 2 aromatic carbocycles. The summed E-state index contributed by atoms with van der Waals surface area (Å²) in [5, 5.41) is 20.5. The number of ether oxygens (including phenoxy) is 1. The van der Waals surface area contributed by atoms with Crippen molar-refractivity contribution in [3.05, 3.63) is 76.2 Å². The third-order valence-electron chi connectivity index (χ3n) is 12.9. The predicted molar refractivity (Wildman–Crippen MR) is 232 cm³/mol. The molecular weight excluding hydrogens is 845 g/mol. The van der Waals surface area contributed by atoms with Crippen LogP contribution in [-0.4, -0.2) is 117 Å². The van der Waals surface area contributed by atoms with E-state index in [-0.39, 0.29) is 54.1 Å². The van der Waals surface area contributed by atoms with Crippen molar-refractivity contribution < 1.29 is 42.3 Å². The van der Waals surface area contributed by atoms with Crippen LogP contribution in [0.1, 0.15) is 101 Å². The van der Waals surface area contributed by atoms with Crippen LogP contribution in [0.3, 0.4) is 0 Å². The standard InChI is InChI=1S/C45H51F2N11O7/c1-48-45(64)54-17-11-34-32(24-54)41(53-58(34)28-12-18-65-19-13-28)56-16-5-6-26-20-30(31(40(46)47)21-36(26)56)27-22-51-55(23-27)25-38(60)50-15-3-2-14-49-33-8-4-7-29-39(33)44(63)57(43(29)62)35-9-10-37(59)52-42(35)61/h4,7-8,20-23,28,35,40,49H,2-3,5-6,9-19,24-25H2,1H3,(H,48,64)(H,50,60)(H,52,59,61). The van der Waals surface area contributed by atoms with Crippen molar-refractivity contribution in [2.24, 2.45) is 0 Å². The molecule has 2 aromatic heterocycles. The Balaban J connectivity index is 0.826. The lowest BCUT2D eigenvalue weighted by molar-refractivity contribution is -0.136. The number of carbonyl (C=O) groups is 6. The molecule has 18 nitrogen and oxygen atoms in total. The average Bonchev–Trinajstić information content (AvgIpc) is 4.01. The van der Waals surface area contributed by atoms with Gasteiger partial charge >= 0.3 is 6.03 Å². The molecule has 9 rings (SSSR count). The number of fused-ring (bicyclic) bond motifs is 3. The number of rotatable bonds is 13. The lowest BCUT2D eigenvalue weighted by atomic mass is 9.92. The quantitative estimate of drug-likeness (QED) is 0.111. The molecule has 1 atom stereocenters. The van der Waals surface area contributed by atoms with Crippen molar-refractivity contribution in [3.63, 3.8) is 0 Å². The van der Waals surface area contributed by atoms with Gasteiger partial charge in [0.15, 0.2) is 5.82 Å². The number of aryl methyl sites for hydroxylation is 1. The Morgan fingerprint density at radius 3 is 2.57 bits per heavy atom. The minimum absolute atomic E-state index is 0.0313. The van der Waals surface area contributed by atoms with E-state index in [1.54, 1.807) is 36.3 Å². The van der Waals surface area contributed by atoms with Gasteiger partial charge in [-0.05, 0) is 80.3 Å². The third kappa shape index (κ3) is 8.53. The predicted octanol–water partition coefficient (Wildman–Crippen LogP) is 4.23. The largest absolute Gasteiger partial charge is 0.384 e. The number of carbonyl (C=O) groups excluding carboxylic acids is 6. The second-order valence-electron chi connectivity index (χ2n) is 17.0. The molecule has 2 saturated heterocycles. The van der Waals surface area contributed by atoms with E-state index in [4.69, 9.17) is 9.84 Å². The number of hydrogen-bond donors (Lipinski definition) is 4. The number of benzene rings is 2. The van der Waals surface area contributed by atoms with E-state index < -0.39 is 36.1 Å². The first-order chi connectivity index (χ1) is 31.5. The summed E-state index contributed by atoms with van der Waals surface area (Å²) >= 11 is 0. The molecule has 4 N–H and O–H groups in total. The van der Waals surface area contributed by atoms with Gasteiger partial charge in [0.2, 0.25) is 17.7 Å². The zero-order chi connectivity index (χ0) is 45.4.